The van der Waals surface area contributed by atoms with E-state index in [-0.39, 0.29) is 24.6 Å². The maximum absolute atomic E-state index is 9.61. The van der Waals surface area contributed by atoms with Gasteiger partial charge in [0.05, 0.1) is 0 Å². The van der Waals surface area contributed by atoms with Gasteiger partial charge in [0.2, 0.25) is 6.79 Å². The van der Waals surface area contributed by atoms with Crippen LogP contribution in [-0.4, -0.2) is 11.9 Å². The Morgan fingerprint density at radius 3 is 2.70 bits per heavy atom. The van der Waals surface area contributed by atoms with Gasteiger partial charge >= 0.3 is 0 Å². The molecule has 4 rings (SSSR count). The second-order valence-corrected chi connectivity index (χ2v) is 5.16. The fraction of sp³-hybridized carbons (Fsp3) is 0.250. The average Bonchev–Trinajstić information content (AvgIpc) is 3.03. The first kappa shape index (κ1) is 11.5. The molecule has 2 aliphatic rings. The highest BCUT2D eigenvalue weighted by molar-refractivity contribution is 5.50. The predicted molar refractivity (Wildman–Crippen MR) is 72.5 cm³/mol. The minimum absolute atomic E-state index is 0.0682. The van der Waals surface area contributed by atoms with E-state index in [2.05, 4.69) is 6.92 Å². The fourth-order valence-electron chi connectivity index (χ4n) is 2.85. The predicted octanol–water partition coefficient (Wildman–Crippen LogP) is 3.36. The highest BCUT2D eigenvalue weighted by Crippen LogP contribution is 2.48. The summed E-state index contributed by atoms with van der Waals surface area (Å²) in [5.74, 6) is 2.81. The Hall–Kier alpha value is -2.36. The van der Waals surface area contributed by atoms with Crippen molar-refractivity contribution in [3.05, 3.63) is 47.5 Å². The van der Waals surface area contributed by atoms with E-state index in [1.807, 2.05) is 24.3 Å². The third kappa shape index (κ3) is 1.61. The molecule has 0 saturated carbocycles. The molecule has 0 aromatic heterocycles. The number of benzene rings is 2. The summed E-state index contributed by atoms with van der Waals surface area (Å²) < 4.78 is 16.7. The van der Waals surface area contributed by atoms with E-state index in [1.54, 1.807) is 12.1 Å². The monoisotopic (exact) mass is 270 g/mol. The van der Waals surface area contributed by atoms with Crippen LogP contribution in [0.1, 0.15) is 30.1 Å². The Labute approximate surface area is 116 Å². The van der Waals surface area contributed by atoms with E-state index >= 15 is 0 Å². The van der Waals surface area contributed by atoms with Crippen LogP contribution in [0.3, 0.4) is 0 Å². The van der Waals surface area contributed by atoms with Gasteiger partial charge in [0.15, 0.2) is 11.5 Å². The van der Waals surface area contributed by atoms with Crippen LogP contribution in [0.4, 0.5) is 0 Å². The maximum Gasteiger partial charge on any atom is 0.231 e. The van der Waals surface area contributed by atoms with Crippen LogP contribution in [0.15, 0.2) is 36.4 Å². The normalized spacial score (nSPS) is 22.4. The molecule has 0 bridgehead atoms. The number of aromatic hydroxyl groups is 1. The summed E-state index contributed by atoms with van der Waals surface area (Å²) in [6, 6.07) is 11.1. The van der Waals surface area contributed by atoms with Crippen LogP contribution >= 0.6 is 0 Å². The molecule has 102 valence electrons. The van der Waals surface area contributed by atoms with Gasteiger partial charge in [-0.15, -0.1) is 0 Å². The zero-order chi connectivity index (χ0) is 13.7. The highest BCUT2D eigenvalue weighted by Gasteiger charge is 2.33. The van der Waals surface area contributed by atoms with Gasteiger partial charge in [-0.1, -0.05) is 13.0 Å². The van der Waals surface area contributed by atoms with Gasteiger partial charge in [-0.05, 0) is 35.9 Å². The van der Waals surface area contributed by atoms with Crippen LogP contribution in [0.2, 0.25) is 0 Å². The van der Waals surface area contributed by atoms with Gasteiger partial charge < -0.3 is 19.3 Å². The molecule has 2 aliphatic heterocycles. The Balaban J connectivity index is 1.71. The minimum atomic E-state index is -0.0682. The first-order valence-electron chi connectivity index (χ1n) is 6.61. The molecule has 0 fully saturated rings. The number of hydrogen-bond acceptors (Lipinski definition) is 4. The van der Waals surface area contributed by atoms with Gasteiger partial charge in [0, 0.05) is 11.5 Å². The van der Waals surface area contributed by atoms with Crippen molar-refractivity contribution >= 4 is 0 Å². The summed E-state index contributed by atoms with van der Waals surface area (Å²) in [5.41, 5.74) is 2.09. The van der Waals surface area contributed by atoms with Crippen LogP contribution in [0.25, 0.3) is 0 Å². The lowest BCUT2D eigenvalue weighted by Crippen LogP contribution is -2.07. The van der Waals surface area contributed by atoms with E-state index in [1.165, 1.54) is 0 Å². The topological polar surface area (TPSA) is 47.9 Å². The summed E-state index contributed by atoms with van der Waals surface area (Å²) in [4.78, 5) is 0. The molecule has 4 nitrogen and oxygen atoms in total. The summed E-state index contributed by atoms with van der Waals surface area (Å²) in [6.45, 7) is 2.37. The Morgan fingerprint density at radius 1 is 1.00 bits per heavy atom. The largest absolute Gasteiger partial charge is 0.508 e. The lowest BCUT2D eigenvalue weighted by atomic mass is 9.92. The third-order valence-corrected chi connectivity index (χ3v) is 3.92. The molecular weight excluding hydrogens is 256 g/mol. The van der Waals surface area contributed by atoms with Crippen molar-refractivity contribution in [3.8, 4) is 23.0 Å². The fourth-order valence-corrected chi connectivity index (χ4v) is 2.85. The molecule has 2 heterocycles. The molecule has 1 N–H and O–H groups in total. The Bertz CT molecular complexity index is 680. The van der Waals surface area contributed by atoms with Crippen LogP contribution in [0.5, 0.6) is 23.0 Å². The molecule has 20 heavy (non-hydrogen) atoms. The van der Waals surface area contributed by atoms with Crippen LogP contribution in [-0.2, 0) is 0 Å². The SMILES string of the molecule is C[C@H]1c2cc(O)ccc2O[C@@H]1c1ccc2c(c1)OCO2. The van der Waals surface area contributed by atoms with Crippen molar-refractivity contribution in [2.75, 3.05) is 6.79 Å². The van der Waals surface area contributed by atoms with Crippen molar-refractivity contribution in [3.63, 3.8) is 0 Å². The zero-order valence-corrected chi connectivity index (χ0v) is 11.0. The van der Waals surface area contributed by atoms with Crippen molar-refractivity contribution in [2.24, 2.45) is 0 Å². The molecule has 0 amide bonds. The average molecular weight is 270 g/mol. The third-order valence-electron chi connectivity index (χ3n) is 3.92. The lowest BCUT2D eigenvalue weighted by Gasteiger charge is -2.16. The molecule has 0 aliphatic carbocycles. The number of fused-ring (bicyclic) bond motifs is 2. The summed E-state index contributed by atoms with van der Waals surface area (Å²) >= 11 is 0. The quantitative estimate of drug-likeness (QED) is 0.863. The molecule has 2 aromatic rings. The molecule has 4 heteroatoms. The van der Waals surface area contributed by atoms with Gasteiger partial charge in [0.1, 0.15) is 17.6 Å². The minimum Gasteiger partial charge on any atom is -0.508 e. The molecular formula is C16H14O4. The smallest absolute Gasteiger partial charge is 0.231 e. The highest BCUT2D eigenvalue weighted by atomic mass is 16.7. The van der Waals surface area contributed by atoms with Crippen molar-refractivity contribution in [1.29, 1.82) is 0 Å². The second kappa shape index (κ2) is 4.07. The zero-order valence-electron chi connectivity index (χ0n) is 11.0. The van der Waals surface area contributed by atoms with Gasteiger partial charge in [-0.3, -0.25) is 0 Å². The van der Waals surface area contributed by atoms with Gasteiger partial charge in [-0.2, -0.15) is 0 Å². The van der Waals surface area contributed by atoms with E-state index in [4.69, 9.17) is 14.2 Å². The molecule has 2 atom stereocenters. The van der Waals surface area contributed by atoms with Gasteiger partial charge in [0.25, 0.3) is 0 Å². The van der Waals surface area contributed by atoms with E-state index in [0.29, 0.717) is 0 Å². The van der Waals surface area contributed by atoms with Gasteiger partial charge in [-0.25, -0.2) is 0 Å². The van der Waals surface area contributed by atoms with Crippen LogP contribution < -0.4 is 14.2 Å². The lowest BCUT2D eigenvalue weighted by molar-refractivity contribution is 0.173. The molecule has 0 saturated heterocycles. The maximum atomic E-state index is 9.61. The van der Waals surface area contributed by atoms with Crippen molar-refractivity contribution < 1.29 is 19.3 Å². The summed E-state index contributed by atoms with van der Waals surface area (Å²) in [7, 11) is 0. The van der Waals surface area contributed by atoms with E-state index in [0.717, 1.165) is 28.4 Å². The molecule has 0 unspecified atom stereocenters. The van der Waals surface area contributed by atoms with Crippen molar-refractivity contribution in [2.45, 2.75) is 18.9 Å². The summed E-state index contributed by atoms with van der Waals surface area (Å²) in [5, 5.41) is 9.61. The Kier molecular flexibility index (Phi) is 2.33. The molecule has 2 aromatic carbocycles. The van der Waals surface area contributed by atoms with E-state index < -0.39 is 0 Å². The number of ether oxygens (including phenoxy) is 3. The number of hydrogen-bond donors (Lipinski definition) is 1. The standard InChI is InChI=1S/C16H14O4/c1-9-12-7-11(17)3-5-13(12)20-16(9)10-2-4-14-15(6-10)19-8-18-14/h2-7,9,16-17H,8H2,1H3/t9-,16-/m0/s1. The molecule has 0 radical (unpaired) electrons. The summed E-state index contributed by atoms with van der Waals surface area (Å²) in [6.07, 6.45) is -0.0682. The first-order valence-corrected chi connectivity index (χ1v) is 6.61. The first-order chi connectivity index (χ1) is 9.72. The second-order valence-electron chi connectivity index (χ2n) is 5.16. The Morgan fingerprint density at radius 2 is 1.80 bits per heavy atom. The van der Waals surface area contributed by atoms with E-state index in [9.17, 15) is 5.11 Å². The molecule has 0 spiro atoms. The number of rotatable bonds is 1. The van der Waals surface area contributed by atoms with Crippen LogP contribution in [0, 0.1) is 0 Å². The number of phenolic OH excluding ortho intramolecular Hbond substituents is 1. The number of phenols is 1. The van der Waals surface area contributed by atoms with Crippen molar-refractivity contribution in [1.82, 2.24) is 0 Å².